The molecule has 0 aliphatic carbocycles. The first kappa shape index (κ1) is 18.0. The SMILES string of the molecule is C[C@@H](OC(=O)c1cc(Br)c[nH]1)C(=O)Nc1cc([N+](=O)[O-])ccc1Cl. The minimum absolute atomic E-state index is 0.0568. The van der Waals surface area contributed by atoms with Crippen LogP contribution in [0.4, 0.5) is 11.4 Å². The minimum atomic E-state index is -1.13. The summed E-state index contributed by atoms with van der Waals surface area (Å²) in [6.07, 6.45) is 0.416. The molecule has 1 aromatic heterocycles. The third-order valence-electron chi connectivity index (χ3n) is 2.94. The van der Waals surface area contributed by atoms with Crippen molar-refractivity contribution in [2.24, 2.45) is 0 Å². The summed E-state index contributed by atoms with van der Waals surface area (Å²) in [6, 6.07) is 5.13. The van der Waals surface area contributed by atoms with Crippen molar-refractivity contribution in [3.8, 4) is 0 Å². The number of nitrogens with zero attached hydrogens (tertiary/aromatic N) is 1. The largest absolute Gasteiger partial charge is 0.448 e. The Morgan fingerprint density at radius 1 is 1.42 bits per heavy atom. The van der Waals surface area contributed by atoms with Crippen LogP contribution in [0.5, 0.6) is 0 Å². The van der Waals surface area contributed by atoms with Crippen LogP contribution in [0, 0.1) is 10.1 Å². The third kappa shape index (κ3) is 4.33. The van der Waals surface area contributed by atoms with E-state index in [0.717, 1.165) is 6.07 Å². The number of hydrogen-bond acceptors (Lipinski definition) is 5. The predicted octanol–water partition coefficient (Wildman–Crippen LogP) is 3.52. The molecular weight excluding hydrogens is 406 g/mol. The lowest BCUT2D eigenvalue weighted by molar-refractivity contribution is -0.384. The van der Waals surface area contributed by atoms with E-state index >= 15 is 0 Å². The highest BCUT2D eigenvalue weighted by molar-refractivity contribution is 9.10. The lowest BCUT2D eigenvalue weighted by Crippen LogP contribution is -2.30. The van der Waals surface area contributed by atoms with Crippen LogP contribution in [0.3, 0.4) is 0 Å². The molecular formula is C14H11BrClN3O5. The molecule has 0 fully saturated rings. The molecule has 0 aliphatic rings. The lowest BCUT2D eigenvalue weighted by atomic mass is 10.2. The Balaban J connectivity index is 2.05. The molecule has 1 amide bonds. The number of esters is 1. The van der Waals surface area contributed by atoms with Gasteiger partial charge >= 0.3 is 5.97 Å². The molecule has 0 unspecified atom stereocenters. The van der Waals surface area contributed by atoms with Crippen LogP contribution in [0.15, 0.2) is 34.9 Å². The van der Waals surface area contributed by atoms with Crippen molar-refractivity contribution in [2.75, 3.05) is 5.32 Å². The second-order valence-corrected chi connectivity index (χ2v) is 6.01. The molecule has 0 bridgehead atoms. The molecule has 1 atom stereocenters. The predicted molar refractivity (Wildman–Crippen MR) is 90.1 cm³/mol. The summed E-state index contributed by atoms with van der Waals surface area (Å²) in [7, 11) is 0. The Bertz CT molecular complexity index is 807. The standard InChI is InChI=1S/C14H11BrClN3O5/c1-7(24-14(21)12-4-8(15)6-17-12)13(20)18-11-5-9(19(22)23)2-3-10(11)16/h2-7,17H,1H3,(H,18,20)/t7-/m1/s1. The Hall–Kier alpha value is -2.39. The van der Waals surface area contributed by atoms with E-state index in [2.05, 4.69) is 26.2 Å². The van der Waals surface area contributed by atoms with E-state index in [1.807, 2.05) is 0 Å². The van der Waals surface area contributed by atoms with Crippen molar-refractivity contribution in [2.45, 2.75) is 13.0 Å². The van der Waals surface area contributed by atoms with Crippen LogP contribution in [-0.4, -0.2) is 27.9 Å². The number of aromatic amines is 1. The number of H-pyrrole nitrogens is 1. The van der Waals surface area contributed by atoms with Gasteiger partial charge in [0.15, 0.2) is 6.10 Å². The van der Waals surface area contributed by atoms with E-state index < -0.39 is 22.9 Å². The topological polar surface area (TPSA) is 114 Å². The van der Waals surface area contributed by atoms with E-state index in [0.29, 0.717) is 4.47 Å². The summed E-state index contributed by atoms with van der Waals surface area (Å²) < 4.78 is 5.68. The zero-order valence-electron chi connectivity index (χ0n) is 12.2. The van der Waals surface area contributed by atoms with Gasteiger partial charge in [0, 0.05) is 22.8 Å². The number of carbonyl (C=O) groups is 2. The molecule has 2 N–H and O–H groups in total. The van der Waals surface area contributed by atoms with Crippen molar-refractivity contribution in [1.29, 1.82) is 0 Å². The van der Waals surface area contributed by atoms with Gasteiger partial charge in [-0.15, -0.1) is 0 Å². The molecule has 8 nitrogen and oxygen atoms in total. The average Bonchev–Trinajstić information content (AvgIpc) is 2.95. The Morgan fingerprint density at radius 2 is 2.12 bits per heavy atom. The number of carbonyl (C=O) groups excluding carboxylic acids is 2. The van der Waals surface area contributed by atoms with Gasteiger partial charge in [0.2, 0.25) is 0 Å². The first-order chi connectivity index (χ1) is 11.3. The minimum Gasteiger partial charge on any atom is -0.448 e. The summed E-state index contributed by atoms with van der Waals surface area (Å²) in [5.74, 6) is -1.38. The number of amides is 1. The molecule has 1 heterocycles. The number of benzene rings is 1. The van der Waals surface area contributed by atoms with Crippen LogP contribution in [0.2, 0.25) is 5.02 Å². The van der Waals surface area contributed by atoms with Crippen molar-refractivity contribution in [3.63, 3.8) is 0 Å². The summed E-state index contributed by atoms with van der Waals surface area (Å²) in [6.45, 7) is 1.37. The van der Waals surface area contributed by atoms with Crippen LogP contribution >= 0.6 is 27.5 Å². The Kier molecular flexibility index (Phi) is 5.58. The lowest BCUT2D eigenvalue weighted by Gasteiger charge is -2.13. The van der Waals surface area contributed by atoms with Gasteiger partial charge in [0.25, 0.3) is 11.6 Å². The maximum absolute atomic E-state index is 12.1. The van der Waals surface area contributed by atoms with Crippen LogP contribution < -0.4 is 5.32 Å². The maximum atomic E-state index is 12.1. The fraction of sp³-hybridized carbons (Fsp3) is 0.143. The van der Waals surface area contributed by atoms with E-state index in [1.165, 1.54) is 25.1 Å². The number of nitro benzene ring substituents is 1. The number of anilines is 1. The van der Waals surface area contributed by atoms with E-state index in [4.69, 9.17) is 16.3 Å². The summed E-state index contributed by atoms with van der Waals surface area (Å²) >= 11 is 9.08. The van der Waals surface area contributed by atoms with E-state index in [-0.39, 0.29) is 22.1 Å². The summed E-state index contributed by atoms with van der Waals surface area (Å²) in [5, 5.41) is 13.3. The van der Waals surface area contributed by atoms with Crippen LogP contribution in [0.1, 0.15) is 17.4 Å². The molecule has 1 aromatic carbocycles. The Morgan fingerprint density at radius 3 is 2.71 bits per heavy atom. The highest BCUT2D eigenvalue weighted by atomic mass is 79.9. The quantitative estimate of drug-likeness (QED) is 0.440. The van der Waals surface area contributed by atoms with Gasteiger partial charge in [-0.3, -0.25) is 14.9 Å². The van der Waals surface area contributed by atoms with Crippen LogP contribution in [-0.2, 0) is 9.53 Å². The number of nitrogens with one attached hydrogen (secondary N) is 2. The highest BCUT2D eigenvalue weighted by Gasteiger charge is 2.21. The van der Waals surface area contributed by atoms with Crippen molar-refractivity contribution < 1.29 is 19.2 Å². The molecule has 0 spiro atoms. The van der Waals surface area contributed by atoms with Crippen molar-refractivity contribution in [1.82, 2.24) is 4.98 Å². The molecule has 24 heavy (non-hydrogen) atoms. The second-order valence-electron chi connectivity index (χ2n) is 4.69. The number of halogens is 2. The highest BCUT2D eigenvalue weighted by Crippen LogP contribution is 2.27. The first-order valence-corrected chi connectivity index (χ1v) is 7.74. The second kappa shape index (κ2) is 7.45. The summed E-state index contributed by atoms with van der Waals surface area (Å²) in [5.41, 5.74) is 0.00636. The molecule has 0 radical (unpaired) electrons. The van der Waals surface area contributed by atoms with Gasteiger partial charge in [-0.25, -0.2) is 4.79 Å². The third-order valence-corrected chi connectivity index (χ3v) is 3.73. The zero-order chi connectivity index (χ0) is 17.9. The average molecular weight is 417 g/mol. The van der Waals surface area contributed by atoms with Gasteiger partial charge in [-0.1, -0.05) is 11.6 Å². The molecule has 0 aliphatic heterocycles. The maximum Gasteiger partial charge on any atom is 0.355 e. The van der Waals surface area contributed by atoms with Crippen molar-refractivity contribution >= 4 is 50.8 Å². The zero-order valence-corrected chi connectivity index (χ0v) is 14.6. The first-order valence-electron chi connectivity index (χ1n) is 6.57. The Labute approximate surface area is 149 Å². The normalized spacial score (nSPS) is 11.6. The number of nitro groups is 1. The van der Waals surface area contributed by atoms with Gasteiger partial charge in [0.05, 0.1) is 15.6 Å². The molecule has 10 heteroatoms. The number of rotatable bonds is 5. The fourth-order valence-electron chi connectivity index (χ4n) is 1.72. The van der Waals surface area contributed by atoms with Gasteiger partial charge in [-0.2, -0.15) is 0 Å². The summed E-state index contributed by atoms with van der Waals surface area (Å²) in [4.78, 5) is 36.8. The van der Waals surface area contributed by atoms with Gasteiger partial charge < -0.3 is 15.0 Å². The number of hydrogen-bond donors (Lipinski definition) is 2. The molecule has 0 saturated carbocycles. The van der Waals surface area contributed by atoms with Gasteiger partial charge in [0.1, 0.15) is 5.69 Å². The van der Waals surface area contributed by atoms with Crippen LogP contribution in [0.25, 0.3) is 0 Å². The van der Waals surface area contributed by atoms with E-state index in [9.17, 15) is 19.7 Å². The van der Waals surface area contributed by atoms with Crippen molar-refractivity contribution in [3.05, 3.63) is 55.8 Å². The smallest absolute Gasteiger partial charge is 0.355 e. The monoisotopic (exact) mass is 415 g/mol. The number of non-ortho nitro benzene ring substituents is 1. The number of ether oxygens (including phenoxy) is 1. The van der Waals surface area contributed by atoms with E-state index in [1.54, 1.807) is 6.20 Å². The molecule has 0 saturated heterocycles. The molecule has 126 valence electrons. The number of aromatic nitrogens is 1. The fourth-order valence-corrected chi connectivity index (χ4v) is 2.23. The molecule has 2 aromatic rings. The van der Waals surface area contributed by atoms with Gasteiger partial charge in [-0.05, 0) is 35.0 Å². The molecule has 2 rings (SSSR count).